The molecule has 0 atom stereocenters. The van der Waals surface area contributed by atoms with Crippen LogP contribution in [0.2, 0.25) is 0 Å². The molecule has 0 aliphatic rings. The van der Waals surface area contributed by atoms with Gasteiger partial charge in [-0.05, 0) is 26.3 Å². The molecule has 0 unspecified atom stereocenters. The molecule has 1 heterocycles. The summed E-state index contributed by atoms with van der Waals surface area (Å²) in [5.74, 6) is -1.20. The number of esters is 1. The lowest BCUT2D eigenvalue weighted by atomic mass is 10.1. The standard InChI is InChI=1S/C14H18N2O4/c1-5-6-15-11(18)7-20-14(19)13-8(2)12(10(4)17)9(3)16-13/h5,16H,1,6-7H2,2-4H3,(H,15,18). The van der Waals surface area contributed by atoms with Gasteiger partial charge in [-0.1, -0.05) is 6.08 Å². The van der Waals surface area contributed by atoms with Crippen LogP contribution in [0.25, 0.3) is 0 Å². The zero-order valence-corrected chi connectivity index (χ0v) is 11.8. The Balaban J connectivity index is 2.74. The van der Waals surface area contributed by atoms with Gasteiger partial charge in [0.2, 0.25) is 0 Å². The van der Waals surface area contributed by atoms with Crippen molar-refractivity contribution in [2.45, 2.75) is 20.8 Å². The Hall–Kier alpha value is -2.37. The number of hydrogen-bond acceptors (Lipinski definition) is 4. The number of ether oxygens (including phenoxy) is 1. The predicted octanol–water partition coefficient (Wildman–Crippen LogP) is 1.29. The number of aromatic nitrogens is 1. The minimum Gasteiger partial charge on any atom is -0.451 e. The zero-order valence-electron chi connectivity index (χ0n) is 11.8. The molecule has 6 nitrogen and oxygen atoms in total. The van der Waals surface area contributed by atoms with E-state index in [9.17, 15) is 14.4 Å². The van der Waals surface area contributed by atoms with Gasteiger partial charge in [-0.25, -0.2) is 4.79 Å². The van der Waals surface area contributed by atoms with Crippen LogP contribution in [0.3, 0.4) is 0 Å². The number of Topliss-reactive ketones (excluding diaryl/α,β-unsaturated/α-hetero) is 1. The highest BCUT2D eigenvalue weighted by Gasteiger charge is 2.21. The summed E-state index contributed by atoms with van der Waals surface area (Å²) >= 11 is 0. The largest absolute Gasteiger partial charge is 0.451 e. The summed E-state index contributed by atoms with van der Waals surface area (Å²) in [5, 5.41) is 2.49. The molecule has 1 aromatic heterocycles. The average Bonchev–Trinajstić information content (AvgIpc) is 2.68. The van der Waals surface area contributed by atoms with Crippen molar-refractivity contribution >= 4 is 17.7 Å². The molecular formula is C14H18N2O4. The van der Waals surface area contributed by atoms with Crippen molar-refractivity contribution in [3.05, 3.63) is 35.2 Å². The van der Waals surface area contributed by atoms with Crippen LogP contribution < -0.4 is 5.32 Å². The third-order valence-electron chi connectivity index (χ3n) is 2.77. The van der Waals surface area contributed by atoms with E-state index in [0.29, 0.717) is 23.4 Å². The molecule has 0 aliphatic carbocycles. The molecule has 0 aromatic carbocycles. The van der Waals surface area contributed by atoms with Crippen molar-refractivity contribution in [3.8, 4) is 0 Å². The fourth-order valence-electron chi connectivity index (χ4n) is 1.92. The van der Waals surface area contributed by atoms with Gasteiger partial charge in [0.25, 0.3) is 5.91 Å². The van der Waals surface area contributed by atoms with Gasteiger partial charge < -0.3 is 15.0 Å². The van der Waals surface area contributed by atoms with E-state index in [1.54, 1.807) is 13.8 Å². The summed E-state index contributed by atoms with van der Waals surface area (Å²) in [6.07, 6.45) is 1.53. The van der Waals surface area contributed by atoms with Crippen LogP contribution in [0.15, 0.2) is 12.7 Å². The molecule has 0 fully saturated rings. The van der Waals surface area contributed by atoms with Crippen molar-refractivity contribution in [1.29, 1.82) is 0 Å². The van der Waals surface area contributed by atoms with Gasteiger partial charge in [-0.15, -0.1) is 6.58 Å². The van der Waals surface area contributed by atoms with Crippen LogP contribution in [0.4, 0.5) is 0 Å². The molecule has 0 radical (unpaired) electrons. The number of nitrogens with one attached hydrogen (secondary N) is 2. The van der Waals surface area contributed by atoms with Gasteiger partial charge >= 0.3 is 5.97 Å². The summed E-state index contributed by atoms with van der Waals surface area (Å²) < 4.78 is 4.89. The van der Waals surface area contributed by atoms with Crippen molar-refractivity contribution in [3.63, 3.8) is 0 Å². The summed E-state index contributed by atoms with van der Waals surface area (Å²) in [6, 6.07) is 0. The first-order valence-corrected chi connectivity index (χ1v) is 6.13. The smallest absolute Gasteiger partial charge is 0.355 e. The second kappa shape index (κ2) is 6.70. The Morgan fingerprint density at radius 3 is 2.50 bits per heavy atom. The minimum atomic E-state index is -0.660. The van der Waals surface area contributed by atoms with Crippen LogP contribution in [0, 0.1) is 13.8 Å². The average molecular weight is 278 g/mol. The van der Waals surface area contributed by atoms with Gasteiger partial charge in [-0.2, -0.15) is 0 Å². The van der Waals surface area contributed by atoms with Crippen LogP contribution in [-0.2, 0) is 9.53 Å². The number of hydrogen-bond donors (Lipinski definition) is 2. The van der Waals surface area contributed by atoms with Gasteiger partial charge in [0.1, 0.15) is 5.69 Å². The molecule has 0 bridgehead atoms. The normalized spacial score (nSPS) is 9.95. The first-order chi connectivity index (χ1) is 9.38. The first-order valence-electron chi connectivity index (χ1n) is 6.13. The molecule has 0 spiro atoms. The molecular weight excluding hydrogens is 260 g/mol. The predicted molar refractivity (Wildman–Crippen MR) is 73.8 cm³/mol. The summed E-state index contributed by atoms with van der Waals surface area (Å²) in [7, 11) is 0. The Bertz CT molecular complexity index is 558. The third-order valence-corrected chi connectivity index (χ3v) is 2.77. The van der Waals surface area contributed by atoms with Crippen molar-refractivity contribution in [1.82, 2.24) is 10.3 Å². The van der Waals surface area contributed by atoms with Gasteiger partial charge in [0, 0.05) is 17.8 Å². The lowest BCUT2D eigenvalue weighted by Gasteiger charge is -2.04. The molecule has 2 N–H and O–H groups in total. The summed E-state index contributed by atoms with van der Waals surface area (Å²) in [5.41, 5.74) is 1.82. The number of ketones is 1. The maximum atomic E-state index is 11.9. The van der Waals surface area contributed by atoms with E-state index < -0.39 is 11.9 Å². The zero-order chi connectivity index (χ0) is 15.3. The first kappa shape index (κ1) is 15.7. The second-order valence-electron chi connectivity index (χ2n) is 4.35. The maximum Gasteiger partial charge on any atom is 0.355 e. The molecule has 1 rings (SSSR count). The number of rotatable bonds is 6. The highest BCUT2D eigenvalue weighted by Crippen LogP contribution is 2.19. The molecule has 0 aliphatic heterocycles. The fraction of sp³-hybridized carbons (Fsp3) is 0.357. The summed E-state index contributed by atoms with van der Waals surface area (Å²) in [6.45, 7) is 8.19. The van der Waals surface area contributed by atoms with Crippen molar-refractivity contribution in [2.75, 3.05) is 13.2 Å². The lowest BCUT2D eigenvalue weighted by molar-refractivity contribution is -0.124. The van der Waals surface area contributed by atoms with Crippen LogP contribution in [0.1, 0.15) is 39.0 Å². The second-order valence-corrected chi connectivity index (χ2v) is 4.35. The Morgan fingerprint density at radius 1 is 1.35 bits per heavy atom. The maximum absolute atomic E-state index is 11.9. The number of H-pyrrole nitrogens is 1. The third kappa shape index (κ3) is 3.57. The highest BCUT2D eigenvalue weighted by molar-refractivity contribution is 6.01. The number of aryl methyl sites for hydroxylation is 1. The van der Waals surface area contributed by atoms with E-state index in [2.05, 4.69) is 16.9 Å². The quantitative estimate of drug-likeness (QED) is 0.466. The van der Waals surface area contributed by atoms with Gasteiger partial charge in [0.15, 0.2) is 12.4 Å². The van der Waals surface area contributed by atoms with E-state index in [1.165, 1.54) is 13.0 Å². The summed E-state index contributed by atoms with van der Waals surface area (Å²) in [4.78, 5) is 37.4. The van der Waals surface area contributed by atoms with E-state index in [4.69, 9.17) is 4.74 Å². The molecule has 1 amide bonds. The molecule has 1 aromatic rings. The Morgan fingerprint density at radius 2 is 2.00 bits per heavy atom. The van der Waals surface area contributed by atoms with E-state index in [1.807, 2.05) is 0 Å². The fourth-order valence-corrected chi connectivity index (χ4v) is 1.92. The minimum absolute atomic E-state index is 0.126. The topological polar surface area (TPSA) is 88.3 Å². The van der Waals surface area contributed by atoms with Crippen LogP contribution >= 0.6 is 0 Å². The molecule has 0 saturated heterocycles. The number of amides is 1. The Labute approximate surface area is 117 Å². The molecule has 108 valence electrons. The SMILES string of the molecule is C=CCNC(=O)COC(=O)c1[nH]c(C)c(C(C)=O)c1C. The molecule has 0 saturated carbocycles. The van der Waals surface area contributed by atoms with Crippen molar-refractivity contribution in [2.24, 2.45) is 0 Å². The Kier molecular flexibility index (Phi) is 5.25. The number of carbonyl (C=O) groups excluding carboxylic acids is 3. The van der Waals surface area contributed by atoms with E-state index in [-0.39, 0.29) is 18.1 Å². The van der Waals surface area contributed by atoms with Crippen LogP contribution in [0.5, 0.6) is 0 Å². The molecule has 6 heteroatoms. The van der Waals surface area contributed by atoms with Crippen LogP contribution in [-0.4, -0.2) is 35.8 Å². The number of aromatic amines is 1. The van der Waals surface area contributed by atoms with Crippen molar-refractivity contribution < 1.29 is 19.1 Å². The molecule has 20 heavy (non-hydrogen) atoms. The highest BCUT2D eigenvalue weighted by atomic mass is 16.5. The van der Waals surface area contributed by atoms with Gasteiger partial charge in [0.05, 0.1) is 0 Å². The lowest BCUT2D eigenvalue weighted by Crippen LogP contribution is -2.28. The van der Waals surface area contributed by atoms with Gasteiger partial charge in [-0.3, -0.25) is 9.59 Å². The van der Waals surface area contributed by atoms with E-state index in [0.717, 1.165) is 0 Å². The number of carbonyl (C=O) groups is 3. The van der Waals surface area contributed by atoms with E-state index >= 15 is 0 Å². The monoisotopic (exact) mass is 278 g/mol.